The first kappa shape index (κ1) is 12.8. The molecule has 94 valence electrons. The minimum atomic E-state index is -3.32. The average Bonchev–Trinajstić information content (AvgIpc) is 2.78. The molecule has 0 aromatic carbocycles. The molecule has 6 heteroatoms. The smallest absolute Gasteiger partial charge is 0.252 e. The van der Waals surface area contributed by atoms with Gasteiger partial charge in [0.2, 0.25) is 0 Å². The summed E-state index contributed by atoms with van der Waals surface area (Å²) in [7, 11) is -3.32. The van der Waals surface area contributed by atoms with Gasteiger partial charge in [0, 0.05) is 19.6 Å². The third kappa shape index (κ3) is 2.60. The largest absolute Gasteiger partial charge is 0.326 e. The zero-order valence-corrected chi connectivity index (χ0v) is 11.4. The van der Waals surface area contributed by atoms with Gasteiger partial charge in [-0.15, -0.1) is 11.3 Å². The standard InChI is InChI=1S/C11H16N2O2S2/c1-9-2-4-13(5-3-9)17(14,15)11-6-10(7-12)8-16-11/h2,6,8H,3-5,7,12H2,1H3. The Bertz CT molecular complexity index is 531. The first-order chi connectivity index (χ1) is 8.04. The van der Waals surface area contributed by atoms with Crippen molar-refractivity contribution < 1.29 is 8.42 Å². The summed E-state index contributed by atoms with van der Waals surface area (Å²) in [5.41, 5.74) is 7.62. The quantitative estimate of drug-likeness (QED) is 0.849. The fourth-order valence-corrected chi connectivity index (χ4v) is 4.45. The molecule has 0 fully saturated rings. The van der Waals surface area contributed by atoms with E-state index in [9.17, 15) is 8.42 Å². The number of hydrogen-bond donors (Lipinski definition) is 1. The third-order valence-corrected chi connectivity index (χ3v) is 6.19. The first-order valence-corrected chi connectivity index (χ1v) is 7.79. The summed E-state index contributed by atoms with van der Waals surface area (Å²) in [6.45, 7) is 3.46. The van der Waals surface area contributed by atoms with Crippen molar-refractivity contribution in [1.82, 2.24) is 4.31 Å². The number of sulfonamides is 1. The first-order valence-electron chi connectivity index (χ1n) is 5.47. The Balaban J connectivity index is 2.24. The summed E-state index contributed by atoms with van der Waals surface area (Å²) in [6.07, 6.45) is 2.78. The lowest BCUT2D eigenvalue weighted by atomic mass is 10.1. The van der Waals surface area contributed by atoms with Crippen LogP contribution in [0.2, 0.25) is 0 Å². The second-order valence-electron chi connectivity index (χ2n) is 4.14. The van der Waals surface area contributed by atoms with E-state index in [4.69, 9.17) is 5.73 Å². The molecular formula is C11H16N2O2S2. The van der Waals surface area contributed by atoms with Crippen molar-refractivity contribution in [3.8, 4) is 0 Å². The third-order valence-electron chi connectivity index (χ3n) is 2.86. The zero-order valence-electron chi connectivity index (χ0n) is 9.72. The zero-order chi connectivity index (χ0) is 12.5. The fraction of sp³-hybridized carbons (Fsp3) is 0.455. The van der Waals surface area contributed by atoms with Crippen molar-refractivity contribution >= 4 is 21.4 Å². The molecule has 0 atom stereocenters. The van der Waals surface area contributed by atoms with Crippen LogP contribution in [0.4, 0.5) is 0 Å². The molecule has 0 spiro atoms. The number of thiophene rings is 1. The number of nitrogens with zero attached hydrogens (tertiary/aromatic N) is 1. The van der Waals surface area contributed by atoms with Crippen molar-refractivity contribution in [3.05, 3.63) is 28.7 Å². The number of nitrogens with two attached hydrogens (primary N) is 1. The van der Waals surface area contributed by atoms with Gasteiger partial charge in [-0.1, -0.05) is 11.6 Å². The SMILES string of the molecule is CC1=CCN(S(=O)(=O)c2cc(CN)cs2)CC1. The van der Waals surface area contributed by atoms with E-state index in [0.29, 0.717) is 23.8 Å². The van der Waals surface area contributed by atoms with Crippen LogP contribution in [0, 0.1) is 0 Å². The molecule has 0 radical (unpaired) electrons. The van der Waals surface area contributed by atoms with Crippen LogP contribution in [-0.4, -0.2) is 25.8 Å². The molecule has 1 aromatic heterocycles. The van der Waals surface area contributed by atoms with Crippen LogP contribution < -0.4 is 5.73 Å². The Morgan fingerprint density at radius 3 is 2.82 bits per heavy atom. The second kappa shape index (κ2) is 4.89. The van der Waals surface area contributed by atoms with Crippen molar-refractivity contribution in [1.29, 1.82) is 0 Å². The monoisotopic (exact) mass is 272 g/mol. The highest BCUT2D eigenvalue weighted by molar-refractivity contribution is 7.91. The Morgan fingerprint density at radius 2 is 2.29 bits per heavy atom. The highest BCUT2D eigenvalue weighted by Gasteiger charge is 2.26. The molecule has 2 rings (SSSR count). The molecule has 4 nitrogen and oxygen atoms in total. The van der Waals surface area contributed by atoms with Gasteiger partial charge in [-0.2, -0.15) is 4.31 Å². The van der Waals surface area contributed by atoms with Crippen LogP contribution in [0.25, 0.3) is 0 Å². The van der Waals surface area contributed by atoms with Gasteiger partial charge in [-0.25, -0.2) is 8.42 Å². The number of hydrogen-bond acceptors (Lipinski definition) is 4. The van der Waals surface area contributed by atoms with Crippen LogP contribution >= 0.6 is 11.3 Å². The summed E-state index contributed by atoms with van der Waals surface area (Å²) < 4.78 is 26.5. The predicted octanol–water partition coefficient (Wildman–Crippen LogP) is 1.55. The molecule has 2 N–H and O–H groups in total. The summed E-state index contributed by atoms with van der Waals surface area (Å²) in [5.74, 6) is 0. The molecule has 0 saturated heterocycles. The van der Waals surface area contributed by atoms with E-state index in [1.54, 1.807) is 11.4 Å². The van der Waals surface area contributed by atoms with Gasteiger partial charge in [0.15, 0.2) is 0 Å². The summed E-state index contributed by atoms with van der Waals surface area (Å²) in [4.78, 5) is 0. The lowest BCUT2D eigenvalue weighted by Gasteiger charge is -2.23. The minimum Gasteiger partial charge on any atom is -0.326 e. The van der Waals surface area contributed by atoms with Crippen molar-refractivity contribution in [2.75, 3.05) is 13.1 Å². The molecule has 0 unspecified atom stereocenters. The lowest BCUT2D eigenvalue weighted by molar-refractivity contribution is 0.433. The lowest BCUT2D eigenvalue weighted by Crippen LogP contribution is -2.34. The van der Waals surface area contributed by atoms with Crippen molar-refractivity contribution in [3.63, 3.8) is 0 Å². The fourth-order valence-electron chi connectivity index (χ4n) is 1.69. The molecule has 0 bridgehead atoms. The van der Waals surface area contributed by atoms with E-state index in [1.165, 1.54) is 21.2 Å². The average molecular weight is 272 g/mol. The number of rotatable bonds is 3. The van der Waals surface area contributed by atoms with Crippen LogP contribution in [0.1, 0.15) is 18.9 Å². The molecule has 0 saturated carbocycles. The van der Waals surface area contributed by atoms with Gasteiger partial charge >= 0.3 is 0 Å². The predicted molar refractivity (Wildman–Crippen MR) is 69.3 cm³/mol. The van der Waals surface area contributed by atoms with Crippen LogP contribution in [0.5, 0.6) is 0 Å². The van der Waals surface area contributed by atoms with Crippen molar-refractivity contribution in [2.24, 2.45) is 5.73 Å². The highest BCUT2D eigenvalue weighted by atomic mass is 32.2. The molecule has 0 aliphatic carbocycles. The molecule has 0 amide bonds. The van der Waals surface area contributed by atoms with E-state index < -0.39 is 10.0 Å². The van der Waals surface area contributed by atoms with Crippen LogP contribution in [-0.2, 0) is 16.6 Å². The molecule has 1 aliphatic rings. The maximum Gasteiger partial charge on any atom is 0.252 e. The molecule has 17 heavy (non-hydrogen) atoms. The molecule has 1 aliphatic heterocycles. The maximum atomic E-state index is 12.3. The highest BCUT2D eigenvalue weighted by Crippen LogP contribution is 2.25. The second-order valence-corrected chi connectivity index (χ2v) is 7.22. The van der Waals surface area contributed by atoms with Crippen LogP contribution in [0.3, 0.4) is 0 Å². The Hall–Kier alpha value is -0.690. The van der Waals surface area contributed by atoms with Crippen molar-refractivity contribution in [2.45, 2.75) is 24.1 Å². The van der Waals surface area contributed by atoms with Gasteiger partial charge in [0.1, 0.15) is 4.21 Å². The van der Waals surface area contributed by atoms with E-state index in [0.717, 1.165) is 12.0 Å². The molecule has 2 heterocycles. The normalized spacial score (nSPS) is 18.1. The van der Waals surface area contributed by atoms with E-state index in [-0.39, 0.29) is 0 Å². The van der Waals surface area contributed by atoms with Gasteiger partial charge in [0.05, 0.1) is 0 Å². The Morgan fingerprint density at radius 1 is 1.53 bits per heavy atom. The van der Waals surface area contributed by atoms with Gasteiger partial charge in [-0.05, 0) is 30.4 Å². The maximum absolute atomic E-state index is 12.3. The minimum absolute atomic E-state index is 0.380. The van der Waals surface area contributed by atoms with E-state index >= 15 is 0 Å². The Labute approximate surface area is 106 Å². The Kier molecular flexibility index (Phi) is 3.67. The molecule has 1 aromatic rings. The van der Waals surface area contributed by atoms with Gasteiger partial charge in [0.25, 0.3) is 10.0 Å². The molecular weight excluding hydrogens is 256 g/mol. The summed E-state index contributed by atoms with van der Waals surface area (Å²) >= 11 is 1.25. The van der Waals surface area contributed by atoms with Gasteiger partial charge in [-0.3, -0.25) is 0 Å². The topological polar surface area (TPSA) is 63.4 Å². The van der Waals surface area contributed by atoms with E-state index in [1.807, 2.05) is 13.0 Å². The summed E-state index contributed by atoms with van der Waals surface area (Å²) in [5, 5.41) is 1.80. The van der Waals surface area contributed by atoms with Crippen LogP contribution in [0.15, 0.2) is 27.3 Å². The summed E-state index contributed by atoms with van der Waals surface area (Å²) in [6, 6.07) is 1.67. The van der Waals surface area contributed by atoms with Gasteiger partial charge < -0.3 is 5.73 Å². The van der Waals surface area contributed by atoms with E-state index in [2.05, 4.69) is 0 Å².